The number of carbonyl (C=O) groups excluding carboxylic acids is 2. The lowest BCUT2D eigenvalue weighted by Crippen LogP contribution is -2.22. The predicted molar refractivity (Wildman–Crippen MR) is 77.9 cm³/mol. The Kier molecular flexibility index (Phi) is 4.98. The average molecular weight is 300 g/mol. The van der Waals surface area contributed by atoms with E-state index in [-0.39, 0.29) is 18.1 Å². The summed E-state index contributed by atoms with van der Waals surface area (Å²) in [7, 11) is 1.56. The summed E-state index contributed by atoms with van der Waals surface area (Å²) in [6.07, 6.45) is 0. The third-order valence-corrected chi connectivity index (χ3v) is 2.83. The van der Waals surface area contributed by atoms with Crippen LogP contribution in [0.25, 0.3) is 0 Å². The van der Waals surface area contributed by atoms with Crippen LogP contribution in [0, 0.1) is 0 Å². The SMILES string of the molecule is COc1ccc(OCC(=O)Nc2ccc(C(=O)[O-])cc2)cc1. The zero-order valence-electron chi connectivity index (χ0n) is 11.9. The zero-order valence-corrected chi connectivity index (χ0v) is 11.9. The maximum atomic E-state index is 11.7. The Morgan fingerprint density at radius 2 is 1.59 bits per heavy atom. The van der Waals surface area contributed by atoms with Crippen LogP contribution in [0.4, 0.5) is 5.69 Å². The molecule has 0 unspecified atom stereocenters. The highest BCUT2D eigenvalue weighted by Crippen LogP contribution is 2.17. The summed E-state index contributed by atoms with van der Waals surface area (Å²) in [5.74, 6) is -0.370. The van der Waals surface area contributed by atoms with Gasteiger partial charge in [0.25, 0.3) is 5.91 Å². The van der Waals surface area contributed by atoms with Gasteiger partial charge in [-0.2, -0.15) is 0 Å². The van der Waals surface area contributed by atoms with Crippen molar-refractivity contribution >= 4 is 17.6 Å². The fourth-order valence-corrected chi connectivity index (χ4v) is 1.71. The van der Waals surface area contributed by atoms with E-state index in [1.165, 1.54) is 24.3 Å². The number of methoxy groups -OCH3 is 1. The molecule has 1 N–H and O–H groups in total. The van der Waals surface area contributed by atoms with E-state index in [2.05, 4.69) is 5.32 Å². The van der Waals surface area contributed by atoms with E-state index in [9.17, 15) is 14.7 Å². The molecule has 0 fully saturated rings. The molecule has 2 aromatic carbocycles. The molecule has 0 saturated carbocycles. The molecule has 0 atom stereocenters. The lowest BCUT2D eigenvalue weighted by molar-refractivity contribution is -0.255. The Hall–Kier alpha value is -3.02. The van der Waals surface area contributed by atoms with Crippen molar-refractivity contribution in [3.63, 3.8) is 0 Å². The van der Waals surface area contributed by atoms with Crippen LogP contribution < -0.4 is 19.9 Å². The second kappa shape index (κ2) is 7.12. The second-order valence-corrected chi connectivity index (χ2v) is 4.38. The number of aromatic carboxylic acids is 1. The molecule has 0 spiro atoms. The number of hydrogen-bond donors (Lipinski definition) is 1. The van der Waals surface area contributed by atoms with Crippen molar-refractivity contribution in [2.75, 3.05) is 19.0 Å². The number of nitrogens with one attached hydrogen (secondary N) is 1. The summed E-state index contributed by atoms with van der Waals surface area (Å²) in [6, 6.07) is 12.5. The first-order valence-corrected chi connectivity index (χ1v) is 6.46. The molecule has 22 heavy (non-hydrogen) atoms. The molecule has 0 saturated heterocycles. The third-order valence-electron chi connectivity index (χ3n) is 2.83. The Labute approximate surface area is 127 Å². The van der Waals surface area contributed by atoms with Gasteiger partial charge in [-0.15, -0.1) is 0 Å². The number of carboxylic acid groups (broad SMARTS) is 1. The molecule has 114 valence electrons. The highest BCUT2D eigenvalue weighted by molar-refractivity contribution is 5.93. The van der Waals surface area contributed by atoms with E-state index >= 15 is 0 Å². The first kappa shape index (κ1) is 15.4. The first-order valence-electron chi connectivity index (χ1n) is 6.46. The summed E-state index contributed by atoms with van der Waals surface area (Å²) in [5, 5.41) is 13.2. The molecule has 2 rings (SSSR count). The van der Waals surface area contributed by atoms with Crippen LogP contribution in [0.5, 0.6) is 11.5 Å². The summed E-state index contributed by atoms with van der Waals surface area (Å²) >= 11 is 0. The van der Waals surface area contributed by atoms with Crippen molar-refractivity contribution in [2.45, 2.75) is 0 Å². The van der Waals surface area contributed by atoms with Gasteiger partial charge >= 0.3 is 0 Å². The summed E-state index contributed by atoms with van der Waals surface area (Å²) in [6.45, 7) is -0.158. The van der Waals surface area contributed by atoms with E-state index in [0.29, 0.717) is 17.2 Å². The Morgan fingerprint density at radius 1 is 1.00 bits per heavy atom. The van der Waals surface area contributed by atoms with E-state index in [1.807, 2.05) is 0 Å². The molecule has 6 heteroatoms. The number of hydrogen-bond acceptors (Lipinski definition) is 5. The van der Waals surface area contributed by atoms with Crippen LogP contribution in [0.15, 0.2) is 48.5 Å². The van der Waals surface area contributed by atoms with Crippen molar-refractivity contribution in [1.29, 1.82) is 0 Å². The standard InChI is InChI=1S/C16H15NO5/c1-21-13-6-8-14(9-7-13)22-10-15(18)17-12-4-2-11(3-5-12)16(19)20/h2-9H,10H2,1H3,(H,17,18)(H,19,20)/p-1. The van der Waals surface area contributed by atoms with Crippen molar-refractivity contribution in [3.05, 3.63) is 54.1 Å². The number of benzene rings is 2. The van der Waals surface area contributed by atoms with Crippen LogP contribution in [0.1, 0.15) is 10.4 Å². The van der Waals surface area contributed by atoms with Gasteiger partial charge in [0, 0.05) is 5.69 Å². The van der Waals surface area contributed by atoms with Gasteiger partial charge in [0.15, 0.2) is 6.61 Å². The quantitative estimate of drug-likeness (QED) is 0.862. The Bertz CT molecular complexity index is 649. The monoisotopic (exact) mass is 300 g/mol. The van der Waals surface area contributed by atoms with Crippen LogP contribution in [-0.4, -0.2) is 25.6 Å². The zero-order chi connectivity index (χ0) is 15.9. The van der Waals surface area contributed by atoms with Crippen molar-refractivity contribution < 1.29 is 24.2 Å². The molecule has 0 aliphatic carbocycles. The largest absolute Gasteiger partial charge is 0.545 e. The molecule has 0 heterocycles. The molecule has 1 amide bonds. The minimum atomic E-state index is -1.26. The van der Waals surface area contributed by atoms with Gasteiger partial charge in [0.05, 0.1) is 13.1 Å². The van der Waals surface area contributed by atoms with Gasteiger partial charge in [-0.25, -0.2) is 0 Å². The number of rotatable bonds is 6. The lowest BCUT2D eigenvalue weighted by atomic mass is 10.2. The van der Waals surface area contributed by atoms with E-state index in [0.717, 1.165) is 0 Å². The van der Waals surface area contributed by atoms with Crippen LogP contribution in [-0.2, 0) is 4.79 Å². The highest BCUT2D eigenvalue weighted by Gasteiger charge is 2.04. The highest BCUT2D eigenvalue weighted by atomic mass is 16.5. The number of ether oxygens (including phenoxy) is 2. The van der Waals surface area contributed by atoms with Gasteiger partial charge < -0.3 is 24.7 Å². The first-order chi connectivity index (χ1) is 10.6. The van der Waals surface area contributed by atoms with Gasteiger partial charge in [-0.3, -0.25) is 4.79 Å². The van der Waals surface area contributed by atoms with Gasteiger partial charge in [0.1, 0.15) is 11.5 Å². The minimum absolute atomic E-state index is 0.0486. The molecule has 0 aliphatic rings. The number of anilines is 1. The maximum absolute atomic E-state index is 11.7. The summed E-state index contributed by atoms with van der Waals surface area (Å²) < 4.78 is 10.3. The molecule has 6 nitrogen and oxygen atoms in total. The topological polar surface area (TPSA) is 87.7 Å². The van der Waals surface area contributed by atoms with E-state index in [4.69, 9.17) is 9.47 Å². The predicted octanol–water partition coefficient (Wildman–Crippen LogP) is 1.08. The maximum Gasteiger partial charge on any atom is 0.262 e. The van der Waals surface area contributed by atoms with Crippen LogP contribution in [0.2, 0.25) is 0 Å². The van der Waals surface area contributed by atoms with Crippen molar-refractivity contribution in [3.8, 4) is 11.5 Å². The lowest BCUT2D eigenvalue weighted by Gasteiger charge is -2.09. The third kappa shape index (κ3) is 4.24. The molecular weight excluding hydrogens is 286 g/mol. The number of carboxylic acids is 1. The minimum Gasteiger partial charge on any atom is -0.545 e. The number of amides is 1. The van der Waals surface area contributed by atoms with Crippen LogP contribution >= 0.6 is 0 Å². The molecule has 2 aromatic rings. The van der Waals surface area contributed by atoms with Gasteiger partial charge in [-0.1, -0.05) is 12.1 Å². The Balaban J connectivity index is 1.85. The number of carbonyl (C=O) groups is 2. The second-order valence-electron chi connectivity index (χ2n) is 4.38. The van der Waals surface area contributed by atoms with Gasteiger partial charge in [-0.05, 0) is 42.0 Å². The van der Waals surface area contributed by atoms with Gasteiger partial charge in [0.2, 0.25) is 0 Å². The summed E-state index contributed by atoms with van der Waals surface area (Å²) in [4.78, 5) is 22.4. The molecule has 0 aliphatic heterocycles. The average Bonchev–Trinajstić information content (AvgIpc) is 2.54. The van der Waals surface area contributed by atoms with Crippen molar-refractivity contribution in [2.24, 2.45) is 0 Å². The molecule has 0 aromatic heterocycles. The fraction of sp³-hybridized carbons (Fsp3) is 0.125. The smallest absolute Gasteiger partial charge is 0.262 e. The van der Waals surface area contributed by atoms with E-state index < -0.39 is 5.97 Å². The molecular formula is C16H14NO5-. The molecule has 0 radical (unpaired) electrons. The van der Waals surface area contributed by atoms with Crippen molar-refractivity contribution in [1.82, 2.24) is 0 Å². The normalized spacial score (nSPS) is 9.86. The summed E-state index contributed by atoms with van der Waals surface area (Å²) in [5.41, 5.74) is 0.529. The molecule has 0 bridgehead atoms. The van der Waals surface area contributed by atoms with E-state index in [1.54, 1.807) is 31.4 Å². The van der Waals surface area contributed by atoms with Crippen LogP contribution in [0.3, 0.4) is 0 Å². The fourth-order valence-electron chi connectivity index (χ4n) is 1.71. The Morgan fingerprint density at radius 3 is 2.14 bits per heavy atom.